The Morgan fingerprint density at radius 2 is 2.18 bits per heavy atom. The lowest BCUT2D eigenvalue weighted by molar-refractivity contribution is -0.103. The van der Waals surface area contributed by atoms with Gasteiger partial charge in [-0.25, -0.2) is 13.6 Å². The summed E-state index contributed by atoms with van der Waals surface area (Å²) in [6.07, 6.45) is 7.63. The van der Waals surface area contributed by atoms with Gasteiger partial charge in [0.25, 0.3) is 0 Å². The first kappa shape index (κ1) is 16.4. The molecule has 0 aromatic carbocycles. The van der Waals surface area contributed by atoms with Crippen LogP contribution in [0.5, 0.6) is 0 Å². The quantitative estimate of drug-likeness (QED) is 0.829. The van der Waals surface area contributed by atoms with Gasteiger partial charge in [-0.3, -0.25) is 0 Å². The van der Waals surface area contributed by atoms with Gasteiger partial charge in [0.15, 0.2) is 0 Å². The molecular formula is C15H24N2O3S2. The Morgan fingerprint density at radius 1 is 1.36 bits per heavy atom. The lowest BCUT2D eigenvalue weighted by atomic mass is 9.63. The first-order valence-electron chi connectivity index (χ1n) is 7.93. The molecule has 22 heavy (non-hydrogen) atoms. The van der Waals surface area contributed by atoms with E-state index in [0.29, 0.717) is 12.6 Å². The third-order valence-electron chi connectivity index (χ3n) is 4.99. The summed E-state index contributed by atoms with van der Waals surface area (Å²) in [6.45, 7) is 2.32. The van der Waals surface area contributed by atoms with Crippen molar-refractivity contribution < 1.29 is 13.2 Å². The fraction of sp³-hybridized carbons (Fsp3) is 0.733. The number of rotatable bonds is 6. The minimum atomic E-state index is -3.62. The molecule has 3 rings (SSSR count). The second kappa shape index (κ2) is 6.57. The van der Waals surface area contributed by atoms with Gasteiger partial charge >= 0.3 is 0 Å². The van der Waals surface area contributed by atoms with E-state index in [1.165, 1.54) is 43.4 Å². The van der Waals surface area contributed by atoms with Gasteiger partial charge in [0.05, 0.1) is 11.0 Å². The lowest BCUT2D eigenvalue weighted by Gasteiger charge is -2.49. The molecule has 1 unspecified atom stereocenters. The molecule has 1 aromatic heterocycles. The van der Waals surface area contributed by atoms with E-state index in [-0.39, 0.29) is 10.3 Å². The maximum atomic E-state index is 11.5. The van der Waals surface area contributed by atoms with Gasteiger partial charge in [-0.1, -0.05) is 6.42 Å². The predicted octanol–water partition coefficient (Wildman–Crippen LogP) is 2.22. The molecule has 2 heterocycles. The van der Waals surface area contributed by atoms with Gasteiger partial charge in [-0.15, -0.1) is 11.3 Å². The molecule has 1 atom stereocenters. The molecule has 2 aliphatic rings. The van der Waals surface area contributed by atoms with Gasteiger partial charge in [0.1, 0.15) is 0 Å². The molecule has 0 spiro atoms. The summed E-state index contributed by atoms with van der Waals surface area (Å²) in [5.41, 5.74) is 0.249. The summed E-state index contributed by atoms with van der Waals surface area (Å²) in [6, 6.07) is 1.58. The van der Waals surface area contributed by atoms with Crippen molar-refractivity contribution in [2.24, 2.45) is 10.6 Å². The number of nitrogens with one attached hydrogen (secondary N) is 1. The van der Waals surface area contributed by atoms with Gasteiger partial charge in [0.2, 0.25) is 10.0 Å². The van der Waals surface area contributed by atoms with E-state index in [2.05, 4.69) is 5.32 Å². The molecule has 1 aliphatic carbocycles. The fourth-order valence-corrected chi connectivity index (χ4v) is 5.57. The van der Waals surface area contributed by atoms with E-state index in [1.54, 1.807) is 11.4 Å². The molecule has 1 aliphatic heterocycles. The van der Waals surface area contributed by atoms with E-state index < -0.39 is 10.0 Å². The zero-order valence-electron chi connectivity index (χ0n) is 12.7. The number of hydrogen-bond donors (Lipinski definition) is 2. The van der Waals surface area contributed by atoms with Crippen LogP contribution < -0.4 is 10.5 Å². The van der Waals surface area contributed by atoms with Crippen molar-refractivity contribution in [3.8, 4) is 0 Å². The second-order valence-corrected chi connectivity index (χ2v) is 8.96. The first-order valence-corrected chi connectivity index (χ1v) is 10.4. The maximum absolute atomic E-state index is 11.5. The number of thiophene rings is 1. The van der Waals surface area contributed by atoms with Crippen molar-refractivity contribution in [2.45, 2.75) is 56.1 Å². The van der Waals surface area contributed by atoms with E-state index in [4.69, 9.17) is 9.88 Å². The molecule has 3 N–H and O–H groups in total. The minimum absolute atomic E-state index is 0.249. The summed E-state index contributed by atoms with van der Waals surface area (Å²) < 4.78 is 29.1. The number of sulfonamides is 1. The maximum Gasteiger partial charge on any atom is 0.239 e. The van der Waals surface area contributed by atoms with Crippen LogP contribution in [0.15, 0.2) is 16.3 Å². The lowest BCUT2D eigenvalue weighted by Crippen LogP contribution is -2.50. The van der Waals surface area contributed by atoms with Crippen LogP contribution in [0.25, 0.3) is 0 Å². The minimum Gasteiger partial charge on any atom is -0.378 e. The van der Waals surface area contributed by atoms with Crippen LogP contribution in [0.1, 0.15) is 43.4 Å². The van der Waals surface area contributed by atoms with Gasteiger partial charge in [0, 0.05) is 30.0 Å². The summed E-state index contributed by atoms with van der Waals surface area (Å²) in [5, 5.41) is 10.5. The van der Waals surface area contributed by atoms with Crippen LogP contribution in [0.3, 0.4) is 0 Å². The molecular weight excluding hydrogens is 320 g/mol. The van der Waals surface area contributed by atoms with Crippen molar-refractivity contribution in [3.63, 3.8) is 0 Å². The monoisotopic (exact) mass is 344 g/mol. The highest BCUT2D eigenvalue weighted by Gasteiger charge is 2.44. The zero-order chi connectivity index (χ0) is 15.6. The smallest absolute Gasteiger partial charge is 0.239 e. The largest absolute Gasteiger partial charge is 0.378 e. The molecule has 0 bridgehead atoms. The molecule has 5 nitrogen and oxygen atoms in total. The molecule has 0 radical (unpaired) electrons. The van der Waals surface area contributed by atoms with Crippen molar-refractivity contribution >= 4 is 21.4 Å². The Hall–Kier alpha value is -0.470. The third-order valence-corrected chi connectivity index (χ3v) is 7.03. The van der Waals surface area contributed by atoms with E-state index in [9.17, 15) is 8.42 Å². The van der Waals surface area contributed by atoms with E-state index in [0.717, 1.165) is 24.4 Å². The fourth-order valence-electron chi connectivity index (χ4n) is 3.60. The first-order chi connectivity index (χ1) is 10.5. The standard InChI is InChI=1S/C15H24N2O3S2/c16-22(18,19)13-5-9-21-12(13)10-17-11-15(6-3-7-15)14-4-1-2-8-20-14/h5,9,14,17H,1-4,6-8,10-11H2,(H2,16,18,19). The zero-order valence-corrected chi connectivity index (χ0v) is 14.3. The predicted molar refractivity (Wildman–Crippen MR) is 87.3 cm³/mol. The Balaban J connectivity index is 1.59. The molecule has 1 saturated carbocycles. The molecule has 1 saturated heterocycles. The summed E-state index contributed by atoms with van der Waals surface area (Å²) in [5.74, 6) is 0. The third kappa shape index (κ3) is 3.38. The van der Waals surface area contributed by atoms with Gasteiger partial charge in [-0.05, 0) is 43.6 Å². The van der Waals surface area contributed by atoms with Crippen molar-refractivity contribution in [1.82, 2.24) is 5.32 Å². The highest BCUT2D eigenvalue weighted by molar-refractivity contribution is 7.89. The van der Waals surface area contributed by atoms with Gasteiger partial charge < -0.3 is 10.1 Å². The average Bonchev–Trinajstić information content (AvgIpc) is 2.91. The van der Waals surface area contributed by atoms with E-state index >= 15 is 0 Å². The molecule has 0 amide bonds. The Morgan fingerprint density at radius 3 is 2.77 bits per heavy atom. The van der Waals surface area contributed by atoms with Crippen LogP contribution in [-0.2, 0) is 21.3 Å². The highest BCUT2D eigenvalue weighted by atomic mass is 32.2. The van der Waals surface area contributed by atoms with Crippen molar-refractivity contribution in [2.75, 3.05) is 13.2 Å². The van der Waals surface area contributed by atoms with Crippen LogP contribution in [0, 0.1) is 5.41 Å². The second-order valence-electron chi connectivity index (χ2n) is 6.43. The Kier molecular flexibility index (Phi) is 4.89. The van der Waals surface area contributed by atoms with Crippen LogP contribution in [0.4, 0.5) is 0 Å². The Labute approximate surface area is 136 Å². The molecule has 7 heteroatoms. The highest BCUT2D eigenvalue weighted by Crippen LogP contribution is 2.47. The van der Waals surface area contributed by atoms with Crippen LogP contribution in [-0.4, -0.2) is 27.7 Å². The SMILES string of the molecule is NS(=O)(=O)c1ccsc1CNCC1(C2CCCCO2)CCC1. The van der Waals surface area contributed by atoms with Crippen molar-refractivity contribution in [3.05, 3.63) is 16.3 Å². The average molecular weight is 345 g/mol. The number of ether oxygens (including phenoxy) is 1. The number of nitrogens with two attached hydrogens (primary N) is 1. The number of hydrogen-bond acceptors (Lipinski definition) is 5. The van der Waals surface area contributed by atoms with E-state index in [1.807, 2.05) is 0 Å². The normalized spacial score (nSPS) is 24.9. The Bertz CT molecular complexity index is 602. The van der Waals surface area contributed by atoms with Crippen LogP contribution >= 0.6 is 11.3 Å². The van der Waals surface area contributed by atoms with Gasteiger partial charge in [-0.2, -0.15) is 0 Å². The molecule has 2 fully saturated rings. The molecule has 1 aromatic rings. The summed E-state index contributed by atoms with van der Waals surface area (Å²) in [4.78, 5) is 1.04. The topological polar surface area (TPSA) is 81.4 Å². The van der Waals surface area contributed by atoms with Crippen molar-refractivity contribution in [1.29, 1.82) is 0 Å². The summed E-state index contributed by atoms with van der Waals surface area (Å²) >= 11 is 1.44. The van der Waals surface area contributed by atoms with Crippen LogP contribution in [0.2, 0.25) is 0 Å². The summed E-state index contributed by atoms with van der Waals surface area (Å²) in [7, 11) is -3.62. The number of primary sulfonamides is 1. The molecule has 124 valence electrons.